The lowest BCUT2D eigenvalue weighted by molar-refractivity contribution is -0.132. The van der Waals surface area contributed by atoms with Crippen molar-refractivity contribution in [1.82, 2.24) is 24.6 Å². The Morgan fingerprint density at radius 2 is 1.85 bits per heavy atom. The number of likely N-dealkylation sites (tertiary alicyclic amines) is 1. The summed E-state index contributed by atoms with van der Waals surface area (Å²) in [5, 5.41) is 3.94. The molecule has 1 aliphatic carbocycles. The van der Waals surface area contributed by atoms with Gasteiger partial charge in [0, 0.05) is 56.6 Å². The van der Waals surface area contributed by atoms with Gasteiger partial charge in [-0.3, -0.25) is 14.3 Å². The molecular weight excluding hydrogens is 520 g/mol. The number of amides is 1. The van der Waals surface area contributed by atoms with Gasteiger partial charge in [-0.1, -0.05) is 18.2 Å². The number of carbonyl (C=O) groups is 2. The van der Waals surface area contributed by atoms with Crippen LogP contribution in [-0.4, -0.2) is 64.0 Å². The minimum Gasteiger partial charge on any atom is -0.472 e. The van der Waals surface area contributed by atoms with E-state index < -0.39 is 10.0 Å². The van der Waals surface area contributed by atoms with E-state index in [4.69, 9.17) is 4.74 Å². The SMILES string of the molecule is Cc1cccc(C)c1-c1cc(OC2CCN(C(=O)CCC(=O)C3CC3)C2)nc(NS(=O)(=O)c2cnn(C)c2)n1. The molecule has 12 heteroatoms. The van der Waals surface area contributed by atoms with Crippen LogP contribution in [0.2, 0.25) is 0 Å². The molecular formula is C27H32N6O5S. The van der Waals surface area contributed by atoms with E-state index in [2.05, 4.69) is 19.8 Å². The maximum atomic E-state index is 13.0. The van der Waals surface area contributed by atoms with Gasteiger partial charge in [0.1, 0.15) is 16.8 Å². The van der Waals surface area contributed by atoms with Gasteiger partial charge in [0.25, 0.3) is 10.0 Å². The zero-order chi connectivity index (χ0) is 27.7. The van der Waals surface area contributed by atoms with Gasteiger partial charge in [0.2, 0.25) is 17.7 Å². The maximum absolute atomic E-state index is 13.0. The second-order valence-electron chi connectivity index (χ2n) is 10.2. The average Bonchev–Trinajstić information content (AvgIpc) is 3.47. The molecule has 39 heavy (non-hydrogen) atoms. The number of hydrogen-bond acceptors (Lipinski definition) is 8. The van der Waals surface area contributed by atoms with Crippen molar-refractivity contribution >= 4 is 27.7 Å². The van der Waals surface area contributed by atoms with Crippen LogP contribution in [0.1, 0.15) is 43.2 Å². The number of benzene rings is 1. The molecule has 1 aromatic carbocycles. The molecule has 1 saturated heterocycles. The van der Waals surface area contributed by atoms with Crippen molar-refractivity contribution in [3.63, 3.8) is 0 Å². The van der Waals surface area contributed by atoms with Gasteiger partial charge >= 0.3 is 0 Å². The molecule has 1 saturated carbocycles. The smallest absolute Gasteiger partial charge is 0.267 e. The highest BCUT2D eigenvalue weighted by Crippen LogP contribution is 2.32. The molecule has 206 valence electrons. The average molecular weight is 553 g/mol. The number of hydrogen-bond donors (Lipinski definition) is 1. The second-order valence-corrected chi connectivity index (χ2v) is 11.9. The first-order chi connectivity index (χ1) is 18.6. The normalized spacial score (nSPS) is 17.3. The summed E-state index contributed by atoms with van der Waals surface area (Å²) in [7, 11) is -2.36. The topological polar surface area (TPSA) is 136 Å². The lowest BCUT2D eigenvalue weighted by Gasteiger charge is -2.18. The molecule has 2 aliphatic rings. The quantitative estimate of drug-likeness (QED) is 0.405. The van der Waals surface area contributed by atoms with Crippen molar-refractivity contribution in [2.24, 2.45) is 13.0 Å². The Morgan fingerprint density at radius 1 is 1.10 bits per heavy atom. The van der Waals surface area contributed by atoms with E-state index in [1.165, 1.54) is 17.1 Å². The van der Waals surface area contributed by atoms with Crippen LogP contribution in [0.15, 0.2) is 41.6 Å². The molecule has 2 aromatic heterocycles. The summed E-state index contributed by atoms with van der Waals surface area (Å²) in [5.74, 6) is 0.352. The maximum Gasteiger partial charge on any atom is 0.267 e. The summed E-state index contributed by atoms with van der Waals surface area (Å²) >= 11 is 0. The Labute approximate surface area is 227 Å². The summed E-state index contributed by atoms with van der Waals surface area (Å²) in [6.45, 7) is 4.81. The number of nitrogens with zero attached hydrogens (tertiary/aromatic N) is 5. The van der Waals surface area contributed by atoms with Crippen LogP contribution in [0.4, 0.5) is 5.95 Å². The van der Waals surface area contributed by atoms with Crippen LogP contribution in [0.3, 0.4) is 0 Å². The van der Waals surface area contributed by atoms with Crippen molar-refractivity contribution in [3.8, 4) is 17.1 Å². The first-order valence-electron chi connectivity index (χ1n) is 13.0. The summed E-state index contributed by atoms with van der Waals surface area (Å²) in [4.78, 5) is 35.2. The molecule has 0 radical (unpaired) electrons. The molecule has 0 bridgehead atoms. The monoisotopic (exact) mass is 552 g/mol. The molecule has 0 spiro atoms. The minimum atomic E-state index is -3.99. The first kappa shape index (κ1) is 26.8. The van der Waals surface area contributed by atoms with E-state index in [1.807, 2.05) is 32.0 Å². The molecule has 1 atom stereocenters. The highest BCUT2D eigenvalue weighted by atomic mass is 32.2. The highest BCUT2D eigenvalue weighted by molar-refractivity contribution is 7.92. The van der Waals surface area contributed by atoms with Crippen molar-refractivity contribution in [1.29, 1.82) is 0 Å². The second kappa shape index (κ2) is 10.8. The van der Waals surface area contributed by atoms with Crippen LogP contribution in [0.25, 0.3) is 11.3 Å². The van der Waals surface area contributed by atoms with Crippen molar-refractivity contribution in [2.45, 2.75) is 57.0 Å². The Balaban J connectivity index is 1.36. The Kier molecular flexibility index (Phi) is 7.39. The van der Waals surface area contributed by atoms with Crippen molar-refractivity contribution in [3.05, 3.63) is 47.8 Å². The molecule has 5 rings (SSSR count). The number of Topliss-reactive ketones (excluding diaryl/α,β-unsaturated/α-hetero) is 1. The number of ketones is 1. The van der Waals surface area contributed by atoms with Gasteiger partial charge in [-0.15, -0.1) is 0 Å². The summed E-state index contributed by atoms with van der Waals surface area (Å²) in [5.41, 5.74) is 3.32. The van der Waals surface area contributed by atoms with Gasteiger partial charge in [-0.2, -0.15) is 10.1 Å². The predicted molar refractivity (Wildman–Crippen MR) is 144 cm³/mol. The zero-order valence-corrected chi connectivity index (χ0v) is 23.1. The van der Waals surface area contributed by atoms with Crippen LogP contribution >= 0.6 is 0 Å². The molecule has 11 nitrogen and oxygen atoms in total. The van der Waals surface area contributed by atoms with Gasteiger partial charge < -0.3 is 9.64 Å². The fourth-order valence-corrected chi connectivity index (χ4v) is 5.74. The third kappa shape index (κ3) is 6.27. The standard InChI is InChI=1S/C27H32N6O5S/c1-17-5-4-6-18(2)26(17)22-13-24(30-27(29-22)31-39(36,37)21-14-28-32(3)16-21)38-20-11-12-33(15-20)25(35)10-9-23(34)19-7-8-19/h4-6,13-14,16,19-20H,7-12,15H2,1-3H3,(H,29,30,31). The zero-order valence-electron chi connectivity index (χ0n) is 22.3. The molecule has 1 N–H and O–H groups in total. The van der Waals surface area contributed by atoms with Crippen LogP contribution in [-0.2, 0) is 26.7 Å². The van der Waals surface area contributed by atoms with E-state index in [0.29, 0.717) is 25.2 Å². The number of anilines is 1. The minimum absolute atomic E-state index is 0.0151. The lowest BCUT2D eigenvalue weighted by atomic mass is 10.00. The third-order valence-electron chi connectivity index (χ3n) is 7.06. The number of rotatable bonds is 10. The van der Waals surface area contributed by atoms with E-state index >= 15 is 0 Å². The number of aryl methyl sites for hydroxylation is 3. The van der Waals surface area contributed by atoms with Gasteiger partial charge in [-0.05, 0) is 37.8 Å². The number of nitrogens with one attached hydrogen (secondary N) is 1. The first-order valence-corrected chi connectivity index (χ1v) is 14.5. The summed E-state index contributed by atoms with van der Waals surface area (Å²) in [6, 6.07) is 7.55. The molecule has 1 amide bonds. The summed E-state index contributed by atoms with van der Waals surface area (Å²) in [6.07, 6.45) is 5.29. The Bertz CT molecular complexity index is 1490. The van der Waals surface area contributed by atoms with Gasteiger partial charge in [0.15, 0.2) is 0 Å². The van der Waals surface area contributed by atoms with Crippen LogP contribution in [0.5, 0.6) is 5.88 Å². The van der Waals surface area contributed by atoms with Crippen LogP contribution < -0.4 is 9.46 Å². The van der Waals surface area contributed by atoms with E-state index in [9.17, 15) is 18.0 Å². The van der Waals surface area contributed by atoms with E-state index in [0.717, 1.165) is 29.5 Å². The number of carbonyl (C=O) groups excluding carboxylic acids is 2. The van der Waals surface area contributed by atoms with Crippen molar-refractivity contribution < 1.29 is 22.7 Å². The van der Waals surface area contributed by atoms with Crippen molar-refractivity contribution in [2.75, 3.05) is 17.8 Å². The highest BCUT2D eigenvalue weighted by Gasteiger charge is 2.32. The van der Waals surface area contributed by atoms with E-state index in [1.54, 1.807) is 18.0 Å². The largest absolute Gasteiger partial charge is 0.472 e. The third-order valence-corrected chi connectivity index (χ3v) is 8.34. The molecule has 1 aliphatic heterocycles. The number of aromatic nitrogens is 4. The fourth-order valence-electron chi connectivity index (χ4n) is 4.81. The van der Waals surface area contributed by atoms with E-state index in [-0.39, 0.29) is 53.3 Å². The van der Waals surface area contributed by atoms with Gasteiger partial charge in [0.05, 0.1) is 18.4 Å². The molecule has 3 heterocycles. The Hall–Kier alpha value is -3.80. The lowest BCUT2D eigenvalue weighted by Crippen LogP contribution is -2.31. The Morgan fingerprint density at radius 3 is 2.51 bits per heavy atom. The number of ether oxygens (including phenoxy) is 1. The molecule has 3 aromatic rings. The fraction of sp³-hybridized carbons (Fsp3) is 0.444. The molecule has 1 unspecified atom stereocenters. The number of sulfonamides is 1. The summed E-state index contributed by atoms with van der Waals surface area (Å²) < 4.78 is 36.0. The van der Waals surface area contributed by atoms with Crippen LogP contribution in [0, 0.1) is 19.8 Å². The molecule has 2 fully saturated rings. The van der Waals surface area contributed by atoms with Gasteiger partial charge in [-0.25, -0.2) is 18.1 Å². The predicted octanol–water partition coefficient (Wildman–Crippen LogP) is 3.03.